The lowest BCUT2D eigenvalue weighted by Gasteiger charge is -2.05. The van der Waals surface area contributed by atoms with E-state index in [2.05, 4.69) is 15.4 Å². The molecule has 0 amide bonds. The van der Waals surface area contributed by atoms with Gasteiger partial charge in [0.25, 0.3) is 0 Å². The molecule has 2 rings (SSSR count). The molecule has 0 bridgehead atoms. The number of anilines is 1. The molecule has 1 unspecified atom stereocenters. The quantitative estimate of drug-likeness (QED) is 0.833. The van der Waals surface area contributed by atoms with Crippen molar-refractivity contribution in [3.8, 4) is 0 Å². The van der Waals surface area contributed by atoms with Crippen LogP contribution in [-0.2, 0) is 23.6 Å². The standard InChI is InChI=1S/C9H10ClN5OS/c1-15-13-8(12-14-15)5-17(16)9-6(10)3-2-4-7(9)11/h2-4H,5,11H2,1H3. The van der Waals surface area contributed by atoms with E-state index in [1.54, 1.807) is 25.2 Å². The summed E-state index contributed by atoms with van der Waals surface area (Å²) in [6, 6.07) is 5.01. The largest absolute Gasteiger partial charge is 0.398 e. The molecule has 2 aromatic rings. The molecule has 6 nitrogen and oxygen atoms in total. The van der Waals surface area contributed by atoms with Crippen LogP contribution in [0.5, 0.6) is 0 Å². The average Bonchev–Trinajstić information content (AvgIpc) is 2.63. The van der Waals surface area contributed by atoms with Gasteiger partial charge in [-0.25, -0.2) is 0 Å². The van der Waals surface area contributed by atoms with Gasteiger partial charge in [0.05, 0.1) is 33.5 Å². The zero-order valence-corrected chi connectivity index (χ0v) is 10.6. The van der Waals surface area contributed by atoms with Crippen LogP contribution in [0.2, 0.25) is 5.02 Å². The van der Waals surface area contributed by atoms with Crippen molar-refractivity contribution in [2.75, 3.05) is 5.73 Å². The molecule has 0 aliphatic heterocycles. The third kappa shape index (κ3) is 2.62. The second-order valence-corrected chi connectivity index (χ2v) is 5.14. The Hall–Kier alpha value is -1.47. The van der Waals surface area contributed by atoms with Crippen molar-refractivity contribution in [2.24, 2.45) is 7.05 Å². The molecule has 17 heavy (non-hydrogen) atoms. The topological polar surface area (TPSA) is 86.7 Å². The van der Waals surface area contributed by atoms with Crippen molar-refractivity contribution in [3.63, 3.8) is 0 Å². The molecule has 1 aromatic heterocycles. The van der Waals surface area contributed by atoms with Gasteiger partial charge < -0.3 is 5.73 Å². The monoisotopic (exact) mass is 271 g/mol. The van der Waals surface area contributed by atoms with Gasteiger partial charge in [-0.2, -0.15) is 4.80 Å². The molecule has 8 heteroatoms. The van der Waals surface area contributed by atoms with Crippen molar-refractivity contribution >= 4 is 28.1 Å². The Bertz CT molecular complexity index is 550. The van der Waals surface area contributed by atoms with Crippen LogP contribution in [0.25, 0.3) is 0 Å². The Morgan fingerprint density at radius 3 is 2.88 bits per heavy atom. The number of nitrogen functional groups attached to an aromatic ring is 1. The Balaban J connectivity index is 2.26. The van der Waals surface area contributed by atoms with Gasteiger partial charge in [0.2, 0.25) is 0 Å². The molecule has 0 spiro atoms. The Kier molecular flexibility index (Phi) is 3.39. The van der Waals surface area contributed by atoms with Gasteiger partial charge in [-0.1, -0.05) is 17.7 Å². The van der Waals surface area contributed by atoms with Crippen LogP contribution < -0.4 is 5.73 Å². The van der Waals surface area contributed by atoms with Gasteiger partial charge in [-0.3, -0.25) is 4.21 Å². The van der Waals surface area contributed by atoms with E-state index in [0.717, 1.165) is 0 Å². The van der Waals surface area contributed by atoms with Crippen LogP contribution in [0.1, 0.15) is 5.82 Å². The summed E-state index contributed by atoms with van der Waals surface area (Å²) in [5.41, 5.74) is 6.14. The summed E-state index contributed by atoms with van der Waals surface area (Å²) in [5.74, 6) is 0.534. The Labute approximate surface area is 105 Å². The molecule has 0 aliphatic carbocycles. The Morgan fingerprint density at radius 1 is 1.53 bits per heavy atom. The lowest BCUT2D eigenvalue weighted by Crippen LogP contribution is -2.03. The zero-order chi connectivity index (χ0) is 12.4. The number of benzene rings is 1. The van der Waals surface area contributed by atoms with E-state index in [9.17, 15) is 4.21 Å². The van der Waals surface area contributed by atoms with Crippen molar-refractivity contribution in [3.05, 3.63) is 29.0 Å². The summed E-state index contributed by atoms with van der Waals surface area (Å²) in [7, 11) is 0.263. The summed E-state index contributed by atoms with van der Waals surface area (Å²) in [4.78, 5) is 1.73. The molecular weight excluding hydrogens is 262 g/mol. The minimum atomic E-state index is -1.38. The maximum atomic E-state index is 12.1. The van der Waals surface area contributed by atoms with Crippen molar-refractivity contribution in [1.29, 1.82) is 0 Å². The van der Waals surface area contributed by atoms with E-state index >= 15 is 0 Å². The molecule has 2 N–H and O–H groups in total. The minimum Gasteiger partial charge on any atom is -0.398 e. The predicted molar refractivity (Wildman–Crippen MR) is 64.8 cm³/mol. The summed E-state index contributed by atoms with van der Waals surface area (Å²) in [6.07, 6.45) is 0. The normalized spacial score (nSPS) is 12.6. The van der Waals surface area contributed by atoms with Crippen LogP contribution >= 0.6 is 11.6 Å². The zero-order valence-electron chi connectivity index (χ0n) is 9.00. The highest BCUT2D eigenvalue weighted by Crippen LogP contribution is 2.26. The number of aryl methyl sites for hydroxylation is 1. The number of halogens is 1. The van der Waals surface area contributed by atoms with Crippen molar-refractivity contribution in [1.82, 2.24) is 20.2 Å². The van der Waals surface area contributed by atoms with E-state index in [1.807, 2.05) is 0 Å². The third-order valence-corrected chi connectivity index (χ3v) is 3.89. The second-order valence-electron chi connectivity index (χ2n) is 3.34. The van der Waals surface area contributed by atoms with Crippen LogP contribution in [0, 0.1) is 0 Å². The SMILES string of the molecule is Cn1nnc(CS(=O)c2c(N)cccc2Cl)n1. The molecule has 1 aromatic carbocycles. The smallest absolute Gasteiger partial charge is 0.187 e. The first kappa shape index (κ1) is 12.0. The van der Waals surface area contributed by atoms with Crippen LogP contribution in [0.4, 0.5) is 5.69 Å². The summed E-state index contributed by atoms with van der Waals surface area (Å²) >= 11 is 5.96. The number of rotatable bonds is 3. The predicted octanol–water partition coefficient (Wildman–Crippen LogP) is 0.753. The van der Waals surface area contributed by atoms with E-state index in [4.69, 9.17) is 17.3 Å². The highest BCUT2D eigenvalue weighted by atomic mass is 35.5. The highest BCUT2D eigenvalue weighted by molar-refractivity contribution is 7.84. The van der Waals surface area contributed by atoms with Gasteiger partial charge >= 0.3 is 0 Å². The summed E-state index contributed by atoms with van der Waals surface area (Å²) in [6.45, 7) is 0. The van der Waals surface area contributed by atoms with Gasteiger partial charge in [0, 0.05) is 5.69 Å². The number of hydrogen-bond acceptors (Lipinski definition) is 5. The van der Waals surface area contributed by atoms with Gasteiger partial charge in [-0.05, 0) is 17.3 Å². The van der Waals surface area contributed by atoms with E-state index in [-0.39, 0.29) is 5.75 Å². The highest BCUT2D eigenvalue weighted by Gasteiger charge is 2.15. The number of nitrogens with two attached hydrogens (primary N) is 1. The van der Waals surface area contributed by atoms with Gasteiger partial charge in [0.1, 0.15) is 0 Å². The maximum Gasteiger partial charge on any atom is 0.187 e. The number of aromatic nitrogens is 4. The molecule has 0 fully saturated rings. The van der Waals surface area contributed by atoms with E-state index in [0.29, 0.717) is 21.4 Å². The van der Waals surface area contributed by atoms with E-state index < -0.39 is 10.8 Å². The van der Waals surface area contributed by atoms with Crippen molar-refractivity contribution < 1.29 is 4.21 Å². The summed E-state index contributed by atoms with van der Waals surface area (Å²) in [5, 5.41) is 11.8. The first-order valence-electron chi connectivity index (χ1n) is 4.73. The molecule has 0 saturated heterocycles. The van der Waals surface area contributed by atoms with E-state index in [1.165, 1.54) is 4.80 Å². The third-order valence-electron chi connectivity index (χ3n) is 2.04. The maximum absolute atomic E-state index is 12.1. The molecule has 0 radical (unpaired) electrons. The fraction of sp³-hybridized carbons (Fsp3) is 0.222. The number of tetrazole rings is 1. The molecule has 1 heterocycles. The van der Waals surface area contributed by atoms with Crippen LogP contribution in [0.15, 0.2) is 23.1 Å². The molecule has 1 atom stereocenters. The van der Waals surface area contributed by atoms with Crippen LogP contribution in [0.3, 0.4) is 0 Å². The van der Waals surface area contributed by atoms with Gasteiger partial charge in [-0.15, -0.1) is 10.2 Å². The lowest BCUT2D eigenvalue weighted by atomic mass is 10.3. The van der Waals surface area contributed by atoms with Crippen molar-refractivity contribution in [2.45, 2.75) is 10.6 Å². The lowest BCUT2D eigenvalue weighted by molar-refractivity contribution is 0.628. The molecule has 90 valence electrons. The second kappa shape index (κ2) is 4.80. The Morgan fingerprint density at radius 2 is 2.29 bits per heavy atom. The fourth-order valence-corrected chi connectivity index (χ4v) is 2.89. The fourth-order valence-electron chi connectivity index (χ4n) is 1.34. The number of nitrogens with zero attached hydrogens (tertiary/aromatic N) is 4. The minimum absolute atomic E-state index is 0.141. The molecular formula is C9H10ClN5OS. The first-order chi connectivity index (χ1) is 8.08. The summed E-state index contributed by atoms with van der Waals surface area (Å²) < 4.78 is 12.1. The first-order valence-corrected chi connectivity index (χ1v) is 6.43. The molecule has 0 aliphatic rings. The van der Waals surface area contributed by atoms with Crippen LogP contribution in [-0.4, -0.2) is 24.4 Å². The molecule has 0 saturated carbocycles. The average molecular weight is 272 g/mol. The van der Waals surface area contributed by atoms with Gasteiger partial charge in [0.15, 0.2) is 5.82 Å². The number of hydrogen-bond donors (Lipinski definition) is 1.